The van der Waals surface area contributed by atoms with E-state index in [0.717, 1.165) is 0 Å². The van der Waals surface area contributed by atoms with Crippen LogP contribution in [0.25, 0.3) is 0 Å². The maximum Gasteiger partial charge on any atom is 0.309 e. The fourth-order valence-corrected chi connectivity index (χ4v) is 0.483. The summed E-state index contributed by atoms with van der Waals surface area (Å²) in [4.78, 5) is 10.1. The summed E-state index contributed by atoms with van der Waals surface area (Å²) in [5.41, 5.74) is 9.25. The third kappa shape index (κ3) is 3.04. The van der Waals surface area contributed by atoms with Gasteiger partial charge in [0.15, 0.2) is 0 Å². The molecule has 1 atom stereocenters. The molecule has 0 aliphatic carbocycles. The lowest BCUT2D eigenvalue weighted by molar-refractivity contribution is -0.142. The van der Waals surface area contributed by atoms with E-state index in [1.165, 1.54) is 0 Å². The van der Waals surface area contributed by atoms with Gasteiger partial charge in [0.25, 0.3) is 0 Å². The molecule has 0 aromatic rings. The van der Waals surface area contributed by atoms with Gasteiger partial charge in [-0.25, -0.2) is 17.6 Å². The minimum atomic E-state index is -4.26. The van der Waals surface area contributed by atoms with Crippen molar-refractivity contribution in [1.82, 2.24) is 0 Å². The van der Waals surface area contributed by atoms with Gasteiger partial charge in [0, 0.05) is 6.42 Å². The van der Waals surface area contributed by atoms with E-state index in [9.17, 15) is 22.4 Å². The molecule has 3 nitrogen and oxygen atoms in total. The highest BCUT2D eigenvalue weighted by atomic mass is 19.3. The first-order valence-corrected chi connectivity index (χ1v) is 2.98. The van der Waals surface area contributed by atoms with E-state index < -0.39 is 30.7 Å². The molecule has 0 aliphatic heterocycles. The Balaban J connectivity index is 4.15. The maximum atomic E-state index is 12.1. The van der Waals surface area contributed by atoms with Crippen LogP contribution in [-0.4, -0.2) is 24.3 Å². The molecule has 0 heterocycles. The van der Waals surface area contributed by atoms with Gasteiger partial charge in [0.05, 0.1) is 6.04 Å². The van der Waals surface area contributed by atoms with Crippen LogP contribution in [0.5, 0.6) is 0 Å². The standard InChI is InChI=1S/C5H8F4N2O/c6-4(7)5(8,9)1-2(10)3(11)12/h2,4H,1,10H2,(H2,11,12). The predicted octanol–water partition coefficient (Wildman–Crippen LogP) is 0.0895. The van der Waals surface area contributed by atoms with Crippen molar-refractivity contribution in [3.8, 4) is 0 Å². The fraction of sp³-hybridized carbons (Fsp3) is 0.800. The smallest absolute Gasteiger partial charge is 0.309 e. The number of hydrogen-bond donors (Lipinski definition) is 2. The molecular weight excluding hydrogens is 180 g/mol. The Morgan fingerprint density at radius 2 is 1.83 bits per heavy atom. The van der Waals surface area contributed by atoms with Crippen LogP contribution in [-0.2, 0) is 4.79 Å². The highest BCUT2D eigenvalue weighted by Gasteiger charge is 2.42. The molecular formula is C5H8F4N2O. The van der Waals surface area contributed by atoms with Crippen LogP contribution < -0.4 is 11.5 Å². The van der Waals surface area contributed by atoms with E-state index in [0.29, 0.717) is 0 Å². The van der Waals surface area contributed by atoms with Crippen molar-refractivity contribution < 1.29 is 22.4 Å². The number of alkyl halides is 4. The summed E-state index contributed by atoms with van der Waals surface area (Å²) >= 11 is 0. The van der Waals surface area contributed by atoms with Gasteiger partial charge in [-0.3, -0.25) is 4.79 Å². The van der Waals surface area contributed by atoms with Crippen LogP contribution in [0.1, 0.15) is 6.42 Å². The van der Waals surface area contributed by atoms with Crippen LogP contribution in [0, 0.1) is 0 Å². The summed E-state index contributed by atoms with van der Waals surface area (Å²) in [6, 6.07) is -1.74. The number of carbonyl (C=O) groups excluding carboxylic acids is 1. The number of primary amides is 1. The molecule has 1 unspecified atom stereocenters. The van der Waals surface area contributed by atoms with Crippen LogP contribution >= 0.6 is 0 Å². The van der Waals surface area contributed by atoms with Crippen LogP contribution in [0.2, 0.25) is 0 Å². The quantitative estimate of drug-likeness (QED) is 0.614. The predicted molar refractivity (Wildman–Crippen MR) is 32.7 cm³/mol. The first-order chi connectivity index (χ1) is 5.27. The average Bonchev–Trinajstić information content (AvgIpc) is 1.85. The first-order valence-electron chi connectivity index (χ1n) is 2.98. The third-order valence-electron chi connectivity index (χ3n) is 1.18. The van der Waals surface area contributed by atoms with Gasteiger partial charge < -0.3 is 11.5 Å². The number of halogens is 4. The second-order valence-electron chi connectivity index (χ2n) is 2.27. The Morgan fingerprint density at radius 3 is 2.08 bits per heavy atom. The lowest BCUT2D eigenvalue weighted by atomic mass is 10.1. The van der Waals surface area contributed by atoms with Crippen molar-refractivity contribution in [3.05, 3.63) is 0 Å². The maximum absolute atomic E-state index is 12.1. The molecule has 0 spiro atoms. The van der Waals surface area contributed by atoms with Gasteiger partial charge >= 0.3 is 12.3 Å². The Kier molecular flexibility index (Phi) is 3.44. The van der Waals surface area contributed by atoms with Gasteiger partial charge in [0.2, 0.25) is 5.91 Å². The molecule has 7 heteroatoms. The minimum absolute atomic E-state index is 1.23. The molecule has 0 radical (unpaired) electrons. The Bertz CT molecular complexity index is 173. The van der Waals surface area contributed by atoms with E-state index in [1.54, 1.807) is 0 Å². The van der Waals surface area contributed by atoms with Gasteiger partial charge in [-0.2, -0.15) is 0 Å². The molecule has 72 valence electrons. The second kappa shape index (κ2) is 3.70. The third-order valence-corrected chi connectivity index (χ3v) is 1.18. The summed E-state index contributed by atoms with van der Waals surface area (Å²) < 4.78 is 47.2. The van der Waals surface area contributed by atoms with Crippen LogP contribution in [0.4, 0.5) is 17.6 Å². The number of nitrogens with two attached hydrogens (primary N) is 2. The van der Waals surface area contributed by atoms with Crippen molar-refractivity contribution in [3.63, 3.8) is 0 Å². The van der Waals surface area contributed by atoms with E-state index in [1.807, 2.05) is 0 Å². The Hall–Kier alpha value is -0.850. The Labute approximate surface area is 65.7 Å². The molecule has 12 heavy (non-hydrogen) atoms. The lowest BCUT2D eigenvalue weighted by Crippen LogP contribution is -2.43. The molecule has 0 saturated heterocycles. The molecule has 0 rings (SSSR count). The highest BCUT2D eigenvalue weighted by Crippen LogP contribution is 2.27. The van der Waals surface area contributed by atoms with Gasteiger partial charge in [0.1, 0.15) is 0 Å². The van der Waals surface area contributed by atoms with E-state index in [2.05, 4.69) is 5.73 Å². The lowest BCUT2D eigenvalue weighted by Gasteiger charge is -2.17. The monoisotopic (exact) mass is 188 g/mol. The number of carbonyl (C=O) groups is 1. The summed E-state index contributed by atoms with van der Waals surface area (Å²) in [6.07, 6.45) is -5.26. The van der Waals surface area contributed by atoms with Crippen molar-refractivity contribution in [2.24, 2.45) is 11.5 Å². The van der Waals surface area contributed by atoms with E-state index in [4.69, 9.17) is 5.73 Å². The molecule has 0 bridgehead atoms. The molecule has 0 aliphatic rings. The normalized spacial score (nSPS) is 14.8. The van der Waals surface area contributed by atoms with E-state index >= 15 is 0 Å². The molecule has 0 aromatic heterocycles. The van der Waals surface area contributed by atoms with Gasteiger partial charge in [-0.1, -0.05) is 0 Å². The van der Waals surface area contributed by atoms with Crippen molar-refractivity contribution in [2.75, 3.05) is 0 Å². The zero-order valence-corrected chi connectivity index (χ0v) is 5.94. The highest BCUT2D eigenvalue weighted by molar-refractivity contribution is 5.79. The SMILES string of the molecule is NC(=O)C(N)CC(F)(F)C(F)F. The van der Waals surface area contributed by atoms with Gasteiger partial charge in [-0.15, -0.1) is 0 Å². The Morgan fingerprint density at radius 1 is 1.42 bits per heavy atom. The largest absolute Gasteiger partial charge is 0.368 e. The number of rotatable bonds is 4. The first kappa shape index (κ1) is 11.2. The molecule has 0 aromatic carbocycles. The summed E-state index contributed by atoms with van der Waals surface area (Å²) in [6.45, 7) is 0. The van der Waals surface area contributed by atoms with Crippen molar-refractivity contribution in [1.29, 1.82) is 0 Å². The second-order valence-corrected chi connectivity index (χ2v) is 2.27. The summed E-state index contributed by atoms with van der Waals surface area (Å²) in [5.74, 6) is -5.48. The van der Waals surface area contributed by atoms with Gasteiger partial charge in [-0.05, 0) is 0 Å². The molecule has 0 fully saturated rings. The van der Waals surface area contributed by atoms with Crippen LogP contribution in [0.15, 0.2) is 0 Å². The molecule has 4 N–H and O–H groups in total. The zero-order chi connectivity index (χ0) is 9.94. The van der Waals surface area contributed by atoms with Crippen molar-refractivity contribution >= 4 is 5.91 Å². The number of hydrogen-bond acceptors (Lipinski definition) is 2. The zero-order valence-electron chi connectivity index (χ0n) is 5.94. The summed E-state index contributed by atoms with van der Waals surface area (Å²) in [5, 5.41) is 0. The van der Waals surface area contributed by atoms with Crippen LogP contribution in [0.3, 0.4) is 0 Å². The molecule has 0 saturated carbocycles. The average molecular weight is 188 g/mol. The van der Waals surface area contributed by atoms with Crippen molar-refractivity contribution in [2.45, 2.75) is 24.8 Å². The number of amides is 1. The van der Waals surface area contributed by atoms with E-state index in [-0.39, 0.29) is 0 Å². The fourth-order valence-electron chi connectivity index (χ4n) is 0.483. The molecule has 1 amide bonds. The topological polar surface area (TPSA) is 69.1 Å². The summed E-state index contributed by atoms with van der Waals surface area (Å²) in [7, 11) is 0. The minimum Gasteiger partial charge on any atom is -0.368 e.